The summed E-state index contributed by atoms with van der Waals surface area (Å²) in [5, 5.41) is 11.7. The maximum absolute atomic E-state index is 11.7. The lowest BCUT2D eigenvalue weighted by atomic mass is 9.78. The number of ether oxygens (including phenoxy) is 4. The van der Waals surface area contributed by atoms with Gasteiger partial charge in [-0.2, -0.15) is 0 Å². The molecule has 3 aromatic rings. The van der Waals surface area contributed by atoms with Gasteiger partial charge in [-0.3, -0.25) is 0 Å². The minimum Gasteiger partial charge on any atom is -0.508 e. The third kappa shape index (κ3) is 6.05. The second-order valence-electron chi connectivity index (χ2n) is 9.22. The molecule has 0 aromatic heterocycles. The van der Waals surface area contributed by atoms with Crippen molar-refractivity contribution >= 4 is 18.2 Å². The molecule has 5 nitrogen and oxygen atoms in total. The van der Waals surface area contributed by atoms with Crippen LogP contribution in [-0.4, -0.2) is 39.1 Å². The fraction of sp³-hybridized carbons (Fsp3) is 0.171. The first kappa shape index (κ1) is 28.5. The SMILES string of the molecule is [CH2]C1C(/C=C/c2ccccc2OC)=CC(/C=C/c2ccccc2OC)(OC)C(O)=C1/C=C/c1ccccc1OC. The molecule has 4 rings (SSSR count). The van der Waals surface area contributed by atoms with E-state index in [1.54, 1.807) is 28.4 Å². The summed E-state index contributed by atoms with van der Waals surface area (Å²) in [6.45, 7) is 4.42. The zero-order valence-corrected chi connectivity index (χ0v) is 23.3. The number of benzene rings is 3. The van der Waals surface area contributed by atoms with Crippen molar-refractivity contribution in [2.24, 2.45) is 5.92 Å². The van der Waals surface area contributed by atoms with Crippen molar-refractivity contribution in [3.05, 3.63) is 138 Å². The Balaban J connectivity index is 1.83. The first-order valence-corrected chi connectivity index (χ1v) is 13.0. The smallest absolute Gasteiger partial charge is 0.162 e. The van der Waals surface area contributed by atoms with Crippen LogP contribution in [0.5, 0.6) is 17.2 Å². The number of allylic oxidation sites excluding steroid dienone is 4. The van der Waals surface area contributed by atoms with E-state index < -0.39 is 5.60 Å². The zero-order chi connectivity index (χ0) is 28.5. The summed E-state index contributed by atoms with van der Waals surface area (Å²) in [7, 11) is 6.49. The summed E-state index contributed by atoms with van der Waals surface area (Å²) in [4.78, 5) is 0. The van der Waals surface area contributed by atoms with E-state index in [-0.39, 0.29) is 11.7 Å². The van der Waals surface area contributed by atoms with Gasteiger partial charge in [-0.25, -0.2) is 0 Å². The van der Waals surface area contributed by atoms with Crippen LogP contribution in [0.15, 0.2) is 114 Å². The van der Waals surface area contributed by atoms with E-state index in [1.165, 1.54) is 0 Å². The van der Waals surface area contributed by atoms with Gasteiger partial charge in [-0.15, -0.1) is 0 Å². The first-order chi connectivity index (χ1) is 19.5. The minimum atomic E-state index is -1.24. The van der Waals surface area contributed by atoms with Crippen LogP contribution in [0.3, 0.4) is 0 Å². The van der Waals surface area contributed by atoms with Crippen LogP contribution in [0, 0.1) is 12.8 Å². The Morgan fingerprint density at radius 2 is 1.10 bits per heavy atom. The van der Waals surface area contributed by atoms with Gasteiger partial charge in [0.15, 0.2) is 5.60 Å². The van der Waals surface area contributed by atoms with Crippen molar-refractivity contribution < 1.29 is 24.1 Å². The van der Waals surface area contributed by atoms with E-state index in [1.807, 2.05) is 115 Å². The van der Waals surface area contributed by atoms with Gasteiger partial charge < -0.3 is 24.1 Å². The normalized spacial score (nSPS) is 19.4. The number of rotatable bonds is 10. The van der Waals surface area contributed by atoms with Crippen LogP contribution in [-0.2, 0) is 4.74 Å². The summed E-state index contributed by atoms with van der Waals surface area (Å²) in [5.41, 5.74) is 2.92. The summed E-state index contributed by atoms with van der Waals surface area (Å²) in [6, 6.07) is 23.2. The molecule has 40 heavy (non-hydrogen) atoms. The topological polar surface area (TPSA) is 57.2 Å². The molecule has 2 atom stereocenters. The summed E-state index contributed by atoms with van der Waals surface area (Å²) < 4.78 is 22.6. The fourth-order valence-electron chi connectivity index (χ4n) is 4.69. The van der Waals surface area contributed by atoms with Gasteiger partial charge in [0, 0.05) is 35.3 Å². The predicted octanol–water partition coefficient (Wildman–Crippen LogP) is 7.74. The van der Waals surface area contributed by atoms with Crippen molar-refractivity contribution in [1.82, 2.24) is 0 Å². The Hall–Kier alpha value is -4.48. The molecule has 0 bridgehead atoms. The highest BCUT2D eigenvalue weighted by Crippen LogP contribution is 2.40. The standard InChI is InChI=1S/C35H35O5/c1-25-29(19-18-26-12-6-9-15-31(26)37-2)24-35(40-5,23-22-28-14-8-11-17-33(28)39-4)34(36)30(25)21-20-27-13-7-10-16-32(27)38-3/h6-25,36H,1H2,2-5H3/b19-18+,21-20+,23-22+. The molecule has 0 saturated heterocycles. The molecule has 0 heterocycles. The molecular formula is C35H35O5. The van der Waals surface area contributed by atoms with Gasteiger partial charge in [0.05, 0.1) is 21.3 Å². The second-order valence-corrected chi connectivity index (χ2v) is 9.22. The summed E-state index contributed by atoms with van der Waals surface area (Å²) in [5.74, 6) is 1.90. The third-order valence-electron chi connectivity index (χ3n) is 6.97. The Kier molecular flexibility index (Phi) is 9.31. The Bertz CT molecular complexity index is 1480. The van der Waals surface area contributed by atoms with E-state index in [9.17, 15) is 5.11 Å². The molecule has 3 aromatic carbocycles. The highest BCUT2D eigenvalue weighted by Gasteiger charge is 2.38. The molecule has 2 unspecified atom stereocenters. The Morgan fingerprint density at radius 1 is 0.650 bits per heavy atom. The van der Waals surface area contributed by atoms with E-state index >= 15 is 0 Å². The van der Waals surface area contributed by atoms with Gasteiger partial charge in [0.25, 0.3) is 0 Å². The molecule has 1 radical (unpaired) electrons. The number of methoxy groups -OCH3 is 4. The fourth-order valence-corrected chi connectivity index (χ4v) is 4.69. The van der Waals surface area contributed by atoms with Crippen molar-refractivity contribution in [1.29, 1.82) is 0 Å². The molecular weight excluding hydrogens is 500 g/mol. The lowest BCUT2D eigenvalue weighted by molar-refractivity contribution is 0.0628. The van der Waals surface area contributed by atoms with Crippen molar-refractivity contribution in [2.45, 2.75) is 5.60 Å². The van der Waals surface area contributed by atoms with Crippen LogP contribution >= 0.6 is 0 Å². The first-order valence-electron chi connectivity index (χ1n) is 13.0. The molecule has 205 valence electrons. The number of hydrogen-bond acceptors (Lipinski definition) is 5. The average Bonchev–Trinajstić information content (AvgIpc) is 3.00. The monoisotopic (exact) mass is 535 g/mol. The largest absolute Gasteiger partial charge is 0.508 e. The van der Waals surface area contributed by atoms with Crippen LogP contribution in [0.2, 0.25) is 0 Å². The molecule has 1 aliphatic carbocycles. The van der Waals surface area contributed by atoms with E-state index in [0.717, 1.165) is 39.5 Å². The van der Waals surface area contributed by atoms with E-state index in [2.05, 4.69) is 6.92 Å². The quantitative estimate of drug-likeness (QED) is 0.288. The molecule has 1 N–H and O–H groups in total. The van der Waals surface area contributed by atoms with Crippen LogP contribution < -0.4 is 14.2 Å². The number of para-hydroxylation sites is 3. The molecule has 0 aliphatic heterocycles. The molecule has 0 spiro atoms. The van der Waals surface area contributed by atoms with Gasteiger partial charge in [0.1, 0.15) is 23.0 Å². The van der Waals surface area contributed by atoms with Crippen LogP contribution in [0.1, 0.15) is 16.7 Å². The maximum Gasteiger partial charge on any atom is 0.162 e. The summed E-state index contributed by atoms with van der Waals surface area (Å²) >= 11 is 0. The number of aliphatic hydroxyl groups is 1. The van der Waals surface area contributed by atoms with Crippen LogP contribution in [0.4, 0.5) is 0 Å². The lowest BCUT2D eigenvalue weighted by Gasteiger charge is -2.34. The highest BCUT2D eigenvalue weighted by atomic mass is 16.5. The molecule has 0 fully saturated rings. The summed E-state index contributed by atoms with van der Waals surface area (Å²) in [6.07, 6.45) is 13.4. The van der Waals surface area contributed by atoms with E-state index in [0.29, 0.717) is 5.57 Å². The zero-order valence-electron chi connectivity index (χ0n) is 23.3. The average molecular weight is 536 g/mol. The van der Waals surface area contributed by atoms with Gasteiger partial charge in [-0.1, -0.05) is 85.0 Å². The third-order valence-corrected chi connectivity index (χ3v) is 6.97. The van der Waals surface area contributed by atoms with Gasteiger partial charge in [0.2, 0.25) is 0 Å². The molecule has 0 amide bonds. The van der Waals surface area contributed by atoms with E-state index in [4.69, 9.17) is 18.9 Å². The second kappa shape index (κ2) is 13.0. The molecule has 5 heteroatoms. The van der Waals surface area contributed by atoms with Crippen molar-refractivity contribution in [2.75, 3.05) is 28.4 Å². The van der Waals surface area contributed by atoms with Gasteiger partial charge in [-0.05, 0) is 42.8 Å². The lowest BCUT2D eigenvalue weighted by Crippen LogP contribution is -2.35. The molecule has 1 aliphatic rings. The van der Waals surface area contributed by atoms with Gasteiger partial charge >= 0.3 is 0 Å². The number of aliphatic hydroxyl groups excluding tert-OH is 1. The van der Waals surface area contributed by atoms with Crippen molar-refractivity contribution in [3.63, 3.8) is 0 Å². The highest BCUT2D eigenvalue weighted by molar-refractivity contribution is 5.67. The van der Waals surface area contributed by atoms with Crippen molar-refractivity contribution in [3.8, 4) is 17.2 Å². The molecule has 0 saturated carbocycles. The minimum absolute atomic E-state index is 0.0572. The Labute approximate surface area is 237 Å². The predicted molar refractivity (Wildman–Crippen MR) is 162 cm³/mol. The van der Waals surface area contributed by atoms with Crippen LogP contribution in [0.25, 0.3) is 18.2 Å². The number of hydrogen-bond donors (Lipinski definition) is 1. The maximum atomic E-state index is 11.7. The Morgan fingerprint density at radius 3 is 1.57 bits per heavy atom.